The molecule has 0 N–H and O–H groups in total. The molecular formula is C20H18BrNO5S2. The monoisotopic (exact) mass is 495 g/mol. The number of halogens is 1. The fourth-order valence-electron chi connectivity index (χ4n) is 2.73. The molecule has 0 heterocycles. The second-order valence-electron chi connectivity index (χ2n) is 6.02. The molecule has 0 aromatic heterocycles. The van der Waals surface area contributed by atoms with Gasteiger partial charge in [0.1, 0.15) is 5.75 Å². The molecule has 9 heteroatoms. The van der Waals surface area contributed by atoms with Crippen LogP contribution in [0.3, 0.4) is 0 Å². The number of methoxy groups -OCH3 is 1. The maximum absolute atomic E-state index is 13.3. The third-order valence-corrected chi connectivity index (χ3v) is 8.90. The molecule has 0 aliphatic heterocycles. The van der Waals surface area contributed by atoms with Crippen molar-refractivity contribution >= 4 is 36.0 Å². The number of sulfonamides is 2. The van der Waals surface area contributed by atoms with Crippen LogP contribution in [-0.2, 0) is 26.6 Å². The minimum atomic E-state index is -4.37. The molecule has 0 saturated heterocycles. The van der Waals surface area contributed by atoms with E-state index in [2.05, 4.69) is 15.9 Å². The van der Waals surface area contributed by atoms with E-state index in [1.807, 2.05) is 0 Å². The van der Waals surface area contributed by atoms with Gasteiger partial charge >= 0.3 is 0 Å². The number of rotatable bonds is 7. The normalized spacial score (nSPS) is 12.1. The summed E-state index contributed by atoms with van der Waals surface area (Å²) in [5.41, 5.74) is 0.404. The van der Waals surface area contributed by atoms with Crippen LogP contribution in [-0.4, -0.2) is 27.7 Å². The Morgan fingerprint density at radius 3 is 1.72 bits per heavy atom. The van der Waals surface area contributed by atoms with Crippen LogP contribution in [0.15, 0.2) is 93.1 Å². The Balaban J connectivity index is 2.19. The average molecular weight is 496 g/mol. The van der Waals surface area contributed by atoms with Crippen LogP contribution in [0.1, 0.15) is 5.56 Å². The van der Waals surface area contributed by atoms with E-state index in [-0.39, 0.29) is 9.79 Å². The van der Waals surface area contributed by atoms with Gasteiger partial charge in [0.05, 0.1) is 23.4 Å². The van der Waals surface area contributed by atoms with Gasteiger partial charge in [0.15, 0.2) is 0 Å². The SMILES string of the molecule is COc1ccc(Br)cc1CN(S(=O)(=O)c1ccccc1)S(=O)(=O)c1ccccc1. The van der Waals surface area contributed by atoms with Crippen LogP contribution >= 0.6 is 15.9 Å². The summed E-state index contributed by atoms with van der Waals surface area (Å²) in [5, 5.41) is 0. The summed E-state index contributed by atoms with van der Waals surface area (Å²) >= 11 is 3.33. The van der Waals surface area contributed by atoms with Crippen molar-refractivity contribution in [3.8, 4) is 5.75 Å². The highest BCUT2D eigenvalue weighted by atomic mass is 79.9. The number of hydrogen-bond donors (Lipinski definition) is 0. The van der Waals surface area contributed by atoms with Crippen LogP contribution in [0, 0.1) is 0 Å². The molecule has 0 unspecified atom stereocenters. The third kappa shape index (κ3) is 4.53. The van der Waals surface area contributed by atoms with Crippen LogP contribution in [0.4, 0.5) is 0 Å². The molecular weight excluding hydrogens is 478 g/mol. The molecule has 3 aromatic carbocycles. The Bertz CT molecular complexity index is 1130. The van der Waals surface area contributed by atoms with Gasteiger partial charge in [0.25, 0.3) is 20.0 Å². The first-order valence-corrected chi connectivity index (χ1v) is 12.1. The van der Waals surface area contributed by atoms with Gasteiger partial charge in [-0.25, -0.2) is 16.8 Å². The first kappa shape index (κ1) is 21.5. The summed E-state index contributed by atoms with van der Waals surface area (Å²) in [6.45, 7) is -0.420. The predicted octanol–water partition coefficient (Wildman–Crippen LogP) is 4.04. The van der Waals surface area contributed by atoms with Crippen molar-refractivity contribution < 1.29 is 21.6 Å². The van der Waals surface area contributed by atoms with Crippen LogP contribution < -0.4 is 4.74 Å². The van der Waals surface area contributed by atoms with Crippen LogP contribution in [0.25, 0.3) is 0 Å². The van der Waals surface area contributed by atoms with Crippen molar-refractivity contribution in [1.29, 1.82) is 0 Å². The Labute approximate surface area is 179 Å². The molecule has 0 fully saturated rings. The zero-order valence-corrected chi connectivity index (χ0v) is 18.6. The van der Waals surface area contributed by atoms with Gasteiger partial charge in [-0.15, -0.1) is 0 Å². The summed E-state index contributed by atoms with van der Waals surface area (Å²) in [6, 6.07) is 19.9. The lowest BCUT2D eigenvalue weighted by Crippen LogP contribution is -2.36. The van der Waals surface area contributed by atoms with Gasteiger partial charge < -0.3 is 4.74 Å². The van der Waals surface area contributed by atoms with E-state index in [4.69, 9.17) is 4.74 Å². The quantitative estimate of drug-likeness (QED) is 0.494. The lowest BCUT2D eigenvalue weighted by molar-refractivity contribution is 0.404. The van der Waals surface area contributed by atoms with Crippen LogP contribution in [0.5, 0.6) is 5.75 Å². The van der Waals surface area contributed by atoms with E-state index < -0.39 is 26.6 Å². The smallest absolute Gasteiger partial charge is 0.256 e. The molecule has 0 atom stereocenters. The molecule has 0 saturated carbocycles. The highest BCUT2D eigenvalue weighted by Gasteiger charge is 2.37. The number of ether oxygens (including phenoxy) is 1. The van der Waals surface area contributed by atoms with Crippen molar-refractivity contribution in [3.63, 3.8) is 0 Å². The van der Waals surface area contributed by atoms with Gasteiger partial charge in [-0.05, 0) is 42.5 Å². The Morgan fingerprint density at radius 1 is 0.793 bits per heavy atom. The number of hydrogen-bond acceptors (Lipinski definition) is 5. The van der Waals surface area contributed by atoms with E-state index in [9.17, 15) is 16.8 Å². The topological polar surface area (TPSA) is 80.8 Å². The second kappa shape index (κ2) is 8.66. The van der Waals surface area contributed by atoms with Gasteiger partial charge in [-0.1, -0.05) is 56.0 Å². The summed E-state index contributed by atoms with van der Waals surface area (Å²) in [4.78, 5) is -0.234. The molecule has 152 valence electrons. The Kier molecular flexibility index (Phi) is 6.42. The first-order valence-electron chi connectivity index (χ1n) is 8.47. The molecule has 3 aromatic rings. The Hall–Kier alpha value is -2.20. The van der Waals surface area contributed by atoms with Gasteiger partial charge in [0.2, 0.25) is 0 Å². The second-order valence-corrected chi connectivity index (χ2v) is 10.9. The lowest BCUT2D eigenvalue weighted by atomic mass is 10.2. The van der Waals surface area contributed by atoms with Crippen molar-refractivity contribution in [2.45, 2.75) is 16.3 Å². The molecule has 29 heavy (non-hydrogen) atoms. The number of nitrogens with zero attached hydrogens (tertiary/aromatic N) is 1. The van der Waals surface area contributed by atoms with E-state index in [1.54, 1.807) is 54.6 Å². The molecule has 0 radical (unpaired) electrons. The zero-order valence-electron chi connectivity index (χ0n) is 15.4. The highest BCUT2D eigenvalue weighted by Crippen LogP contribution is 2.30. The highest BCUT2D eigenvalue weighted by molar-refractivity contribution is 9.10. The van der Waals surface area contributed by atoms with E-state index in [0.29, 0.717) is 19.5 Å². The van der Waals surface area contributed by atoms with Crippen molar-refractivity contribution in [1.82, 2.24) is 3.71 Å². The number of benzene rings is 3. The average Bonchev–Trinajstić information content (AvgIpc) is 2.73. The van der Waals surface area contributed by atoms with E-state index in [1.165, 1.54) is 31.4 Å². The standard InChI is InChI=1S/C20H18BrNO5S2/c1-27-20-13-12-17(21)14-16(20)15-22(28(23,24)18-8-4-2-5-9-18)29(25,26)19-10-6-3-7-11-19/h2-14H,15H2,1H3. The van der Waals surface area contributed by atoms with Crippen molar-refractivity contribution in [2.24, 2.45) is 0 Å². The molecule has 0 bridgehead atoms. The van der Waals surface area contributed by atoms with Crippen molar-refractivity contribution in [3.05, 3.63) is 88.9 Å². The van der Waals surface area contributed by atoms with Crippen LogP contribution in [0.2, 0.25) is 0 Å². The van der Waals surface area contributed by atoms with E-state index in [0.717, 1.165) is 0 Å². The Morgan fingerprint density at radius 2 is 1.28 bits per heavy atom. The van der Waals surface area contributed by atoms with E-state index >= 15 is 0 Å². The third-order valence-electron chi connectivity index (χ3n) is 4.16. The summed E-state index contributed by atoms with van der Waals surface area (Å²) in [5.74, 6) is 0.379. The minimum absolute atomic E-state index is 0.117. The maximum atomic E-state index is 13.3. The fourth-order valence-corrected chi connectivity index (χ4v) is 6.78. The summed E-state index contributed by atoms with van der Waals surface area (Å²) in [6.07, 6.45) is 0. The molecule has 3 rings (SSSR count). The predicted molar refractivity (Wildman–Crippen MR) is 113 cm³/mol. The van der Waals surface area contributed by atoms with Crippen molar-refractivity contribution in [2.75, 3.05) is 7.11 Å². The molecule has 0 amide bonds. The zero-order chi connectivity index (χ0) is 21.1. The molecule has 0 aliphatic rings. The largest absolute Gasteiger partial charge is 0.496 e. The minimum Gasteiger partial charge on any atom is -0.496 e. The first-order chi connectivity index (χ1) is 13.8. The summed E-state index contributed by atoms with van der Waals surface area (Å²) in [7, 11) is -7.30. The van der Waals surface area contributed by atoms with Gasteiger partial charge in [0, 0.05) is 10.0 Å². The fraction of sp³-hybridized carbons (Fsp3) is 0.100. The van der Waals surface area contributed by atoms with Gasteiger partial charge in [-0.2, -0.15) is 0 Å². The maximum Gasteiger partial charge on any atom is 0.256 e. The summed E-state index contributed by atoms with van der Waals surface area (Å²) < 4.78 is 59.8. The van der Waals surface area contributed by atoms with Gasteiger partial charge in [-0.3, -0.25) is 0 Å². The molecule has 6 nitrogen and oxygen atoms in total. The molecule has 0 aliphatic carbocycles. The lowest BCUT2D eigenvalue weighted by Gasteiger charge is -2.23. The molecule has 0 spiro atoms.